The van der Waals surface area contributed by atoms with Crippen molar-refractivity contribution >= 4 is 28.0 Å². The van der Waals surface area contributed by atoms with Crippen LogP contribution in [0, 0.1) is 28.6 Å². The van der Waals surface area contributed by atoms with Gasteiger partial charge in [-0.2, -0.15) is 10.5 Å². The second kappa shape index (κ2) is 7.46. The molecular formula is C22H23N7O. The summed E-state index contributed by atoms with van der Waals surface area (Å²) in [5.74, 6) is 1.57. The largest absolute Gasteiger partial charge is 0.346 e. The summed E-state index contributed by atoms with van der Waals surface area (Å²) in [6.45, 7) is 1.22. The summed E-state index contributed by atoms with van der Waals surface area (Å²) in [6.07, 6.45) is 8.46. The summed E-state index contributed by atoms with van der Waals surface area (Å²) in [5.41, 5.74) is 2.85. The fraction of sp³-hybridized carbons (Fsp3) is 0.500. The number of aromatic nitrogens is 4. The Balaban J connectivity index is 1.51. The maximum Gasteiger partial charge on any atom is 0.236 e. The molecule has 30 heavy (non-hydrogen) atoms. The minimum atomic E-state index is -0.108. The molecule has 1 amide bonds. The van der Waals surface area contributed by atoms with E-state index in [4.69, 9.17) is 15.5 Å². The number of carbonyl (C=O) groups is 1. The fourth-order valence-electron chi connectivity index (χ4n) is 5.03. The monoisotopic (exact) mass is 401 g/mol. The number of imidazole rings is 1. The number of hydrogen-bond acceptors (Lipinski definition) is 5. The first-order valence-electron chi connectivity index (χ1n) is 10.5. The number of likely N-dealkylation sites (tertiary alicyclic amines) is 1. The van der Waals surface area contributed by atoms with E-state index in [0.717, 1.165) is 53.6 Å². The van der Waals surface area contributed by atoms with Gasteiger partial charge >= 0.3 is 0 Å². The molecule has 5 rings (SSSR count). The van der Waals surface area contributed by atoms with E-state index in [-0.39, 0.29) is 18.2 Å². The highest BCUT2D eigenvalue weighted by Gasteiger charge is 2.37. The molecule has 8 nitrogen and oxygen atoms in total. The van der Waals surface area contributed by atoms with Gasteiger partial charge in [-0.3, -0.25) is 4.79 Å². The lowest BCUT2D eigenvalue weighted by Gasteiger charge is -2.40. The molecule has 0 radical (unpaired) electrons. The maximum atomic E-state index is 12.0. The highest BCUT2D eigenvalue weighted by Crippen LogP contribution is 2.40. The Hall–Kier alpha value is -3.39. The molecular weight excluding hydrogens is 378 g/mol. The Labute approximate surface area is 174 Å². The molecule has 3 aromatic heterocycles. The first-order valence-corrected chi connectivity index (χ1v) is 10.5. The lowest BCUT2D eigenvalue weighted by atomic mass is 9.84. The second-order valence-corrected chi connectivity index (χ2v) is 8.44. The van der Waals surface area contributed by atoms with Crippen LogP contribution in [0.25, 0.3) is 22.1 Å². The van der Waals surface area contributed by atoms with Gasteiger partial charge in [0, 0.05) is 37.1 Å². The Morgan fingerprint density at radius 2 is 2.00 bits per heavy atom. The Kier molecular flexibility index (Phi) is 4.63. The van der Waals surface area contributed by atoms with Crippen molar-refractivity contribution < 1.29 is 4.79 Å². The fourth-order valence-corrected chi connectivity index (χ4v) is 5.03. The molecule has 1 aliphatic heterocycles. The smallest absolute Gasteiger partial charge is 0.236 e. The minimum Gasteiger partial charge on any atom is -0.346 e. The third kappa shape index (κ3) is 3.00. The number of fused-ring (bicyclic) bond motifs is 3. The van der Waals surface area contributed by atoms with E-state index >= 15 is 0 Å². The number of hydrogen-bond donors (Lipinski definition) is 1. The van der Waals surface area contributed by atoms with Crippen LogP contribution in [0.3, 0.4) is 0 Å². The molecule has 1 N–H and O–H groups in total. The number of H-pyrrole nitrogens is 1. The van der Waals surface area contributed by atoms with Crippen LogP contribution in [0.5, 0.6) is 0 Å². The van der Waals surface area contributed by atoms with Crippen molar-refractivity contribution in [3.05, 3.63) is 24.3 Å². The quantitative estimate of drug-likeness (QED) is 0.719. The molecule has 0 atom stereocenters. The van der Waals surface area contributed by atoms with Gasteiger partial charge in [0.25, 0.3) is 0 Å². The van der Waals surface area contributed by atoms with Crippen molar-refractivity contribution in [1.29, 1.82) is 10.5 Å². The van der Waals surface area contributed by atoms with E-state index in [1.807, 2.05) is 18.5 Å². The van der Waals surface area contributed by atoms with Crippen LogP contribution in [0.15, 0.2) is 18.5 Å². The average molecular weight is 401 g/mol. The molecule has 0 unspecified atom stereocenters. The first-order chi connectivity index (χ1) is 14.7. The predicted octanol–water partition coefficient (Wildman–Crippen LogP) is 3.40. The van der Waals surface area contributed by atoms with Gasteiger partial charge in [0.05, 0.1) is 29.8 Å². The van der Waals surface area contributed by atoms with E-state index in [1.165, 1.54) is 0 Å². The van der Waals surface area contributed by atoms with Gasteiger partial charge in [0.15, 0.2) is 0 Å². The van der Waals surface area contributed by atoms with Gasteiger partial charge in [0.1, 0.15) is 23.4 Å². The van der Waals surface area contributed by atoms with Crippen molar-refractivity contribution in [3.63, 3.8) is 0 Å². The SMILES string of the molecule is N#CCC(=O)N1CC(c2nc3cnc4[nH]ccc4c3n2[C@H]2CC[C@H](CC#N)CC2)C1. The van der Waals surface area contributed by atoms with Crippen molar-refractivity contribution in [2.75, 3.05) is 13.1 Å². The number of nitrogens with zero attached hydrogens (tertiary/aromatic N) is 6. The number of carbonyl (C=O) groups excluding carboxylic acids is 1. The minimum absolute atomic E-state index is 0.0695. The molecule has 152 valence electrons. The van der Waals surface area contributed by atoms with Crippen LogP contribution >= 0.6 is 0 Å². The third-order valence-electron chi connectivity index (χ3n) is 6.65. The van der Waals surface area contributed by atoms with Crippen molar-refractivity contribution in [2.24, 2.45) is 5.92 Å². The van der Waals surface area contributed by atoms with Gasteiger partial charge < -0.3 is 14.5 Å². The van der Waals surface area contributed by atoms with Gasteiger partial charge in [0.2, 0.25) is 5.91 Å². The molecule has 2 fully saturated rings. The van der Waals surface area contributed by atoms with E-state index in [2.05, 4.69) is 26.7 Å². The van der Waals surface area contributed by atoms with Crippen LogP contribution in [0.1, 0.15) is 56.3 Å². The highest BCUT2D eigenvalue weighted by molar-refractivity contribution is 6.01. The lowest BCUT2D eigenvalue weighted by molar-refractivity contribution is -0.134. The predicted molar refractivity (Wildman–Crippen MR) is 110 cm³/mol. The van der Waals surface area contributed by atoms with Crippen LogP contribution in [-0.2, 0) is 4.79 Å². The molecule has 3 aromatic rings. The number of aromatic amines is 1. The number of amides is 1. The zero-order chi connectivity index (χ0) is 20.7. The zero-order valence-corrected chi connectivity index (χ0v) is 16.7. The molecule has 8 heteroatoms. The molecule has 1 saturated heterocycles. The molecule has 4 heterocycles. The maximum absolute atomic E-state index is 12.0. The average Bonchev–Trinajstić information content (AvgIpc) is 3.32. The van der Waals surface area contributed by atoms with E-state index in [1.54, 1.807) is 4.90 Å². The van der Waals surface area contributed by atoms with Gasteiger partial charge in [-0.1, -0.05) is 0 Å². The molecule has 1 aliphatic carbocycles. The van der Waals surface area contributed by atoms with Crippen LogP contribution in [-0.4, -0.2) is 43.4 Å². The van der Waals surface area contributed by atoms with Crippen molar-refractivity contribution in [3.8, 4) is 12.1 Å². The normalized spacial score (nSPS) is 22.0. The van der Waals surface area contributed by atoms with Crippen molar-refractivity contribution in [1.82, 2.24) is 24.4 Å². The van der Waals surface area contributed by atoms with E-state index < -0.39 is 0 Å². The summed E-state index contributed by atoms with van der Waals surface area (Å²) in [7, 11) is 0. The number of pyridine rings is 1. The standard InChI is InChI=1S/C22H23N7O/c23-8-5-14-1-3-16(4-2-14)29-20-17-7-10-25-21(17)26-11-18(20)27-22(29)15-12-28(13-15)19(30)6-9-24/h7,10-11,14-16H,1-6,12-13H2,(H,25,26)/t14-,16-. The number of rotatable bonds is 4. The van der Waals surface area contributed by atoms with Gasteiger partial charge in [-0.05, 0) is 37.7 Å². The lowest BCUT2D eigenvalue weighted by Crippen LogP contribution is -2.49. The molecule has 0 aromatic carbocycles. The molecule has 2 aliphatic rings. The topological polar surface area (TPSA) is 114 Å². The second-order valence-electron chi connectivity index (χ2n) is 8.44. The van der Waals surface area contributed by atoms with Gasteiger partial charge in [-0.15, -0.1) is 0 Å². The Bertz CT molecular complexity index is 1180. The zero-order valence-electron chi connectivity index (χ0n) is 16.7. The van der Waals surface area contributed by atoms with E-state index in [0.29, 0.717) is 31.5 Å². The summed E-state index contributed by atoms with van der Waals surface area (Å²) in [4.78, 5) is 26.4. The third-order valence-corrected chi connectivity index (χ3v) is 6.65. The van der Waals surface area contributed by atoms with Gasteiger partial charge in [-0.25, -0.2) is 9.97 Å². The summed E-state index contributed by atoms with van der Waals surface area (Å²) in [6, 6.07) is 6.65. The van der Waals surface area contributed by atoms with Crippen LogP contribution < -0.4 is 0 Å². The van der Waals surface area contributed by atoms with E-state index in [9.17, 15) is 4.79 Å². The molecule has 0 bridgehead atoms. The summed E-state index contributed by atoms with van der Waals surface area (Å²) >= 11 is 0. The summed E-state index contributed by atoms with van der Waals surface area (Å²) < 4.78 is 2.40. The summed E-state index contributed by atoms with van der Waals surface area (Å²) in [5, 5.41) is 18.9. The first kappa shape index (κ1) is 18.6. The number of nitriles is 2. The highest BCUT2D eigenvalue weighted by atomic mass is 16.2. The Morgan fingerprint density at radius 1 is 1.20 bits per heavy atom. The molecule has 1 saturated carbocycles. The van der Waals surface area contributed by atoms with Crippen molar-refractivity contribution in [2.45, 2.75) is 50.5 Å². The Morgan fingerprint density at radius 3 is 2.73 bits per heavy atom. The van der Waals surface area contributed by atoms with Crippen LogP contribution in [0.4, 0.5) is 0 Å². The number of nitrogens with one attached hydrogen (secondary N) is 1. The van der Waals surface area contributed by atoms with Crippen LogP contribution in [0.2, 0.25) is 0 Å². The molecule has 0 spiro atoms.